The first kappa shape index (κ1) is 8.02. The van der Waals surface area contributed by atoms with Crippen molar-refractivity contribution in [2.45, 2.75) is 32.4 Å². The lowest BCUT2D eigenvalue weighted by molar-refractivity contribution is 0.0228. The van der Waals surface area contributed by atoms with Crippen molar-refractivity contribution >= 4 is 0 Å². The lowest BCUT2D eigenvalue weighted by atomic mass is 9.92. The lowest BCUT2D eigenvalue weighted by Crippen LogP contribution is -2.44. The van der Waals surface area contributed by atoms with Crippen LogP contribution in [0.15, 0.2) is 0 Å². The highest BCUT2D eigenvalue weighted by Gasteiger charge is 2.39. The molecule has 1 aliphatic heterocycles. The molecule has 1 saturated heterocycles. The van der Waals surface area contributed by atoms with Crippen molar-refractivity contribution in [3.05, 3.63) is 0 Å². The zero-order chi connectivity index (χ0) is 7.78. The molecule has 1 rings (SSSR count). The first-order chi connectivity index (χ1) is 4.58. The van der Waals surface area contributed by atoms with Gasteiger partial charge in [0.05, 0.1) is 12.2 Å². The van der Waals surface area contributed by atoms with Crippen molar-refractivity contribution in [3.8, 4) is 0 Å². The standard InChI is InChI=1S/C8H17NO/c1-6-5-10-8(2,3)7(6)9-4/h6-7,9H,5H2,1-4H3. The molecule has 0 radical (unpaired) electrons. The van der Waals surface area contributed by atoms with Crippen LogP contribution in [0.3, 0.4) is 0 Å². The van der Waals surface area contributed by atoms with Gasteiger partial charge in [0.25, 0.3) is 0 Å². The number of hydrogen-bond donors (Lipinski definition) is 1. The summed E-state index contributed by atoms with van der Waals surface area (Å²) in [6.45, 7) is 7.38. The van der Waals surface area contributed by atoms with E-state index >= 15 is 0 Å². The second-order valence-electron chi connectivity index (χ2n) is 3.66. The summed E-state index contributed by atoms with van der Waals surface area (Å²) in [5, 5.41) is 3.28. The van der Waals surface area contributed by atoms with E-state index in [2.05, 4.69) is 26.1 Å². The molecule has 0 aromatic rings. The maximum absolute atomic E-state index is 5.59. The average molecular weight is 143 g/mol. The first-order valence-corrected chi connectivity index (χ1v) is 3.89. The van der Waals surface area contributed by atoms with Gasteiger partial charge in [-0.3, -0.25) is 0 Å². The molecule has 0 spiro atoms. The topological polar surface area (TPSA) is 21.3 Å². The average Bonchev–Trinajstić information content (AvgIpc) is 2.07. The van der Waals surface area contributed by atoms with Gasteiger partial charge in [-0.25, -0.2) is 0 Å². The number of rotatable bonds is 1. The van der Waals surface area contributed by atoms with Crippen LogP contribution in [-0.4, -0.2) is 25.3 Å². The molecular formula is C8H17NO. The Morgan fingerprint density at radius 3 is 2.30 bits per heavy atom. The second-order valence-corrected chi connectivity index (χ2v) is 3.66. The number of nitrogens with one attached hydrogen (secondary N) is 1. The number of ether oxygens (including phenoxy) is 1. The zero-order valence-corrected chi connectivity index (χ0v) is 7.27. The van der Waals surface area contributed by atoms with Gasteiger partial charge in [-0.2, -0.15) is 0 Å². The summed E-state index contributed by atoms with van der Waals surface area (Å²) in [6.07, 6.45) is 0. The molecule has 1 aliphatic rings. The first-order valence-electron chi connectivity index (χ1n) is 3.89. The van der Waals surface area contributed by atoms with Gasteiger partial charge >= 0.3 is 0 Å². The highest BCUT2D eigenvalue weighted by Crippen LogP contribution is 2.28. The molecule has 0 aromatic carbocycles. The van der Waals surface area contributed by atoms with Crippen LogP contribution in [0.1, 0.15) is 20.8 Å². The molecule has 2 unspecified atom stereocenters. The van der Waals surface area contributed by atoms with Gasteiger partial charge in [0.1, 0.15) is 0 Å². The van der Waals surface area contributed by atoms with E-state index in [4.69, 9.17) is 4.74 Å². The summed E-state index contributed by atoms with van der Waals surface area (Å²) in [5.74, 6) is 0.639. The maximum atomic E-state index is 5.59. The minimum absolute atomic E-state index is 0.0220. The van der Waals surface area contributed by atoms with E-state index in [-0.39, 0.29) is 5.60 Å². The van der Waals surface area contributed by atoms with E-state index in [1.165, 1.54) is 0 Å². The second kappa shape index (κ2) is 2.51. The smallest absolute Gasteiger partial charge is 0.0782 e. The van der Waals surface area contributed by atoms with Crippen molar-refractivity contribution in [2.75, 3.05) is 13.7 Å². The zero-order valence-electron chi connectivity index (χ0n) is 7.27. The van der Waals surface area contributed by atoms with E-state index < -0.39 is 0 Å². The van der Waals surface area contributed by atoms with Gasteiger partial charge in [0.15, 0.2) is 0 Å². The van der Waals surface area contributed by atoms with Gasteiger partial charge in [0, 0.05) is 6.04 Å². The number of hydrogen-bond acceptors (Lipinski definition) is 2. The molecule has 60 valence electrons. The molecule has 10 heavy (non-hydrogen) atoms. The fourth-order valence-electron chi connectivity index (χ4n) is 1.85. The quantitative estimate of drug-likeness (QED) is 0.591. The Balaban J connectivity index is 2.63. The van der Waals surface area contributed by atoms with Crippen LogP contribution in [0.5, 0.6) is 0 Å². The fraction of sp³-hybridized carbons (Fsp3) is 1.00. The molecule has 0 aliphatic carbocycles. The highest BCUT2D eigenvalue weighted by molar-refractivity contribution is 4.93. The van der Waals surface area contributed by atoms with Crippen molar-refractivity contribution in [1.82, 2.24) is 5.32 Å². The predicted molar refractivity (Wildman–Crippen MR) is 42.0 cm³/mol. The van der Waals surface area contributed by atoms with Crippen LogP contribution >= 0.6 is 0 Å². The molecule has 1 heterocycles. The lowest BCUT2D eigenvalue weighted by Gasteiger charge is -2.26. The molecule has 1 fully saturated rings. The molecule has 1 N–H and O–H groups in total. The van der Waals surface area contributed by atoms with Gasteiger partial charge in [-0.05, 0) is 26.8 Å². The van der Waals surface area contributed by atoms with E-state index in [0.29, 0.717) is 12.0 Å². The summed E-state index contributed by atoms with van der Waals surface area (Å²) in [7, 11) is 2.00. The van der Waals surface area contributed by atoms with Crippen LogP contribution in [0.2, 0.25) is 0 Å². The summed E-state index contributed by atoms with van der Waals surface area (Å²) in [6, 6.07) is 0.507. The van der Waals surface area contributed by atoms with E-state index in [1.807, 2.05) is 7.05 Å². The Bertz CT molecular complexity index is 122. The third-order valence-electron chi connectivity index (χ3n) is 2.35. The molecule has 0 saturated carbocycles. The summed E-state index contributed by atoms with van der Waals surface area (Å²) >= 11 is 0. The van der Waals surface area contributed by atoms with Crippen LogP contribution in [-0.2, 0) is 4.74 Å². The van der Waals surface area contributed by atoms with E-state index in [9.17, 15) is 0 Å². The summed E-state index contributed by atoms with van der Waals surface area (Å²) in [4.78, 5) is 0. The monoisotopic (exact) mass is 143 g/mol. The maximum Gasteiger partial charge on any atom is 0.0782 e. The SMILES string of the molecule is CNC1C(C)COC1(C)C. The van der Waals surface area contributed by atoms with Gasteiger partial charge in [-0.15, -0.1) is 0 Å². The Morgan fingerprint density at radius 2 is 2.10 bits per heavy atom. The van der Waals surface area contributed by atoms with Gasteiger partial charge in [0.2, 0.25) is 0 Å². The van der Waals surface area contributed by atoms with Crippen molar-refractivity contribution < 1.29 is 4.74 Å². The molecular weight excluding hydrogens is 126 g/mol. The summed E-state index contributed by atoms with van der Waals surface area (Å²) < 4.78 is 5.59. The Labute approximate surface area is 63.0 Å². The van der Waals surface area contributed by atoms with Gasteiger partial charge < -0.3 is 10.1 Å². The molecule has 0 amide bonds. The molecule has 0 bridgehead atoms. The Hall–Kier alpha value is -0.0800. The largest absolute Gasteiger partial charge is 0.374 e. The summed E-state index contributed by atoms with van der Waals surface area (Å²) in [5.41, 5.74) is 0.0220. The van der Waals surface area contributed by atoms with Crippen molar-refractivity contribution in [1.29, 1.82) is 0 Å². The molecule has 0 aromatic heterocycles. The van der Waals surface area contributed by atoms with E-state index in [0.717, 1.165) is 6.61 Å². The minimum atomic E-state index is 0.0220. The molecule has 2 atom stereocenters. The predicted octanol–water partition coefficient (Wildman–Crippen LogP) is 1.02. The highest BCUT2D eigenvalue weighted by atomic mass is 16.5. The number of likely N-dealkylation sites (N-methyl/N-ethyl adjacent to an activating group) is 1. The Kier molecular flexibility index (Phi) is 2.02. The fourth-order valence-corrected chi connectivity index (χ4v) is 1.85. The van der Waals surface area contributed by atoms with Crippen molar-refractivity contribution in [2.24, 2.45) is 5.92 Å². The van der Waals surface area contributed by atoms with Crippen molar-refractivity contribution in [3.63, 3.8) is 0 Å². The van der Waals surface area contributed by atoms with Crippen LogP contribution < -0.4 is 5.32 Å². The normalized spacial score (nSPS) is 38.4. The van der Waals surface area contributed by atoms with Crippen LogP contribution in [0.25, 0.3) is 0 Å². The van der Waals surface area contributed by atoms with Crippen LogP contribution in [0, 0.1) is 5.92 Å². The third-order valence-corrected chi connectivity index (χ3v) is 2.35. The Morgan fingerprint density at radius 1 is 1.50 bits per heavy atom. The van der Waals surface area contributed by atoms with Gasteiger partial charge in [-0.1, -0.05) is 6.92 Å². The molecule has 2 heteroatoms. The molecule has 2 nitrogen and oxygen atoms in total. The van der Waals surface area contributed by atoms with E-state index in [1.54, 1.807) is 0 Å². The minimum Gasteiger partial charge on any atom is -0.374 e. The third kappa shape index (κ3) is 1.18. The van der Waals surface area contributed by atoms with Crippen LogP contribution in [0.4, 0.5) is 0 Å².